The molecule has 5 heteroatoms. The van der Waals surface area contributed by atoms with Crippen molar-refractivity contribution >= 4 is 44.7 Å². The van der Waals surface area contributed by atoms with Crippen LogP contribution < -0.4 is 10.5 Å². The summed E-state index contributed by atoms with van der Waals surface area (Å²) < 4.78 is 6.79. The van der Waals surface area contributed by atoms with Crippen LogP contribution in [0.15, 0.2) is 40.9 Å². The summed E-state index contributed by atoms with van der Waals surface area (Å²) in [6.45, 7) is 2.05. The Morgan fingerprint density at radius 1 is 1.30 bits per heavy atom. The topological polar surface area (TPSA) is 35.2 Å². The Morgan fingerprint density at radius 3 is 2.70 bits per heavy atom. The SMILES string of the molecule is CCc1cc(Oc2cc(Br)ccc2C(N)=S)ccc1Cl. The summed E-state index contributed by atoms with van der Waals surface area (Å²) in [6, 6.07) is 11.1. The second-order valence-corrected chi connectivity index (χ2v) is 5.98. The van der Waals surface area contributed by atoms with E-state index in [1.807, 2.05) is 43.3 Å². The van der Waals surface area contributed by atoms with Crippen LogP contribution in [0.1, 0.15) is 18.1 Å². The Hall–Kier alpha value is -1.10. The summed E-state index contributed by atoms with van der Waals surface area (Å²) >= 11 is 14.6. The van der Waals surface area contributed by atoms with E-state index < -0.39 is 0 Å². The fourth-order valence-electron chi connectivity index (χ4n) is 1.80. The van der Waals surface area contributed by atoms with Gasteiger partial charge in [-0.25, -0.2) is 0 Å². The normalized spacial score (nSPS) is 10.3. The predicted octanol–water partition coefficient (Wildman–Crippen LogP) is 5.09. The zero-order chi connectivity index (χ0) is 14.7. The van der Waals surface area contributed by atoms with E-state index in [4.69, 9.17) is 34.3 Å². The average Bonchev–Trinajstić information content (AvgIpc) is 2.40. The molecule has 0 saturated heterocycles. The maximum absolute atomic E-state index is 6.10. The molecule has 0 amide bonds. The van der Waals surface area contributed by atoms with Crippen molar-refractivity contribution in [3.63, 3.8) is 0 Å². The highest BCUT2D eigenvalue weighted by molar-refractivity contribution is 9.10. The molecule has 0 atom stereocenters. The summed E-state index contributed by atoms with van der Waals surface area (Å²) in [7, 11) is 0. The lowest BCUT2D eigenvalue weighted by atomic mass is 10.1. The molecule has 2 rings (SSSR count). The molecule has 0 aliphatic carbocycles. The highest BCUT2D eigenvalue weighted by Crippen LogP contribution is 2.31. The monoisotopic (exact) mass is 369 g/mol. The van der Waals surface area contributed by atoms with Crippen LogP contribution in [-0.2, 0) is 6.42 Å². The molecular formula is C15H13BrClNOS. The van der Waals surface area contributed by atoms with Crippen LogP contribution in [0.2, 0.25) is 5.02 Å². The van der Waals surface area contributed by atoms with Crippen LogP contribution in [0, 0.1) is 0 Å². The van der Waals surface area contributed by atoms with Crippen molar-refractivity contribution < 1.29 is 4.74 Å². The van der Waals surface area contributed by atoms with Gasteiger partial charge in [0.2, 0.25) is 0 Å². The lowest BCUT2D eigenvalue weighted by Gasteiger charge is -2.12. The van der Waals surface area contributed by atoms with Gasteiger partial charge in [-0.05, 0) is 48.4 Å². The number of ether oxygens (including phenoxy) is 1. The standard InChI is InChI=1S/C15H13BrClNOS/c1-2-9-7-11(4-6-13(9)17)19-14-8-10(16)3-5-12(14)15(18)20/h3-8H,2H2,1H3,(H2,18,20). The minimum absolute atomic E-state index is 0.303. The molecule has 0 unspecified atom stereocenters. The molecule has 0 aromatic heterocycles. The van der Waals surface area contributed by atoms with Gasteiger partial charge in [0.15, 0.2) is 0 Å². The van der Waals surface area contributed by atoms with E-state index in [0.29, 0.717) is 22.1 Å². The highest BCUT2D eigenvalue weighted by Gasteiger charge is 2.09. The van der Waals surface area contributed by atoms with Crippen molar-refractivity contribution in [1.29, 1.82) is 0 Å². The summed E-state index contributed by atoms with van der Waals surface area (Å²) in [5, 5.41) is 0.740. The van der Waals surface area contributed by atoms with Gasteiger partial charge < -0.3 is 10.5 Å². The first-order valence-corrected chi connectivity index (χ1v) is 7.64. The Kier molecular flexibility index (Phi) is 5.02. The van der Waals surface area contributed by atoms with Crippen LogP contribution >= 0.6 is 39.7 Å². The molecule has 0 saturated carbocycles. The highest BCUT2D eigenvalue weighted by atomic mass is 79.9. The zero-order valence-corrected chi connectivity index (χ0v) is 14.0. The minimum Gasteiger partial charge on any atom is -0.457 e. The molecule has 2 N–H and O–H groups in total. The number of hydrogen-bond donors (Lipinski definition) is 1. The zero-order valence-electron chi connectivity index (χ0n) is 10.8. The first-order valence-electron chi connectivity index (χ1n) is 6.07. The third-order valence-corrected chi connectivity index (χ3v) is 3.92. The molecule has 0 aliphatic heterocycles. The Labute approximate surface area is 137 Å². The van der Waals surface area contributed by atoms with E-state index in [-0.39, 0.29) is 0 Å². The number of benzene rings is 2. The molecular weight excluding hydrogens is 358 g/mol. The molecule has 0 heterocycles. The minimum atomic E-state index is 0.303. The second kappa shape index (κ2) is 6.57. The second-order valence-electron chi connectivity index (χ2n) is 4.21. The van der Waals surface area contributed by atoms with Crippen LogP contribution in [0.5, 0.6) is 11.5 Å². The van der Waals surface area contributed by atoms with Gasteiger partial charge in [-0.2, -0.15) is 0 Å². The van der Waals surface area contributed by atoms with Crippen molar-refractivity contribution in [1.82, 2.24) is 0 Å². The number of thiocarbonyl (C=S) groups is 1. The predicted molar refractivity (Wildman–Crippen MR) is 90.9 cm³/mol. The lowest BCUT2D eigenvalue weighted by Crippen LogP contribution is -2.10. The summed E-state index contributed by atoms with van der Waals surface area (Å²) in [6.07, 6.45) is 0.844. The average molecular weight is 371 g/mol. The van der Waals surface area contributed by atoms with Gasteiger partial charge in [-0.3, -0.25) is 0 Å². The van der Waals surface area contributed by atoms with E-state index in [0.717, 1.165) is 21.5 Å². The molecule has 0 spiro atoms. The van der Waals surface area contributed by atoms with Crippen LogP contribution in [-0.4, -0.2) is 4.99 Å². The Balaban J connectivity index is 2.39. The van der Waals surface area contributed by atoms with Gasteiger partial charge in [0.05, 0.1) is 5.56 Å². The largest absolute Gasteiger partial charge is 0.457 e. The van der Waals surface area contributed by atoms with Gasteiger partial charge in [0.25, 0.3) is 0 Å². The molecule has 2 nitrogen and oxygen atoms in total. The van der Waals surface area contributed by atoms with Crippen molar-refractivity contribution in [2.75, 3.05) is 0 Å². The molecule has 0 aliphatic rings. The van der Waals surface area contributed by atoms with E-state index in [1.165, 1.54) is 0 Å². The van der Waals surface area contributed by atoms with E-state index in [1.54, 1.807) is 0 Å². The van der Waals surface area contributed by atoms with Gasteiger partial charge in [0, 0.05) is 9.50 Å². The van der Waals surface area contributed by atoms with E-state index >= 15 is 0 Å². The Morgan fingerprint density at radius 2 is 2.05 bits per heavy atom. The van der Waals surface area contributed by atoms with Crippen LogP contribution in [0.25, 0.3) is 0 Å². The molecule has 0 fully saturated rings. The van der Waals surface area contributed by atoms with Gasteiger partial charge in [-0.1, -0.05) is 46.7 Å². The first-order chi connectivity index (χ1) is 9.51. The third-order valence-electron chi connectivity index (χ3n) is 2.84. The smallest absolute Gasteiger partial charge is 0.138 e. The molecule has 2 aromatic rings. The fourth-order valence-corrected chi connectivity index (χ4v) is 2.56. The van der Waals surface area contributed by atoms with Crippen molar-refractivity contribution in [2.45, 2.75) is 13.3 Å². The summed E-state index contributed by atoms with van der Waals surface area (Å²) in [4.78, 5) is 0.303. The maximum Gasteiger partial charge on any atom is 0.138 e. The van der Waals surface area contributed by atoms with Crippen molar-refractivity contribution in [3.05, 3.63) is 57.0 Å². The summed E-state index contributed by atoms with van der Waals surface area (Å²) in [5.41, 5.74) is 7.46. The van der Waals surface area contributed by atoms with Crippen LogP contribution in [0.3, 0.4) is 0 Å². The maximum atomic E-state index is 6.10. The number of nitrogens with two attached hydrogens (primary N) is 1. The molecule has 104 valence electrons. The van der Waals surface area contributed by atoms with Crippen molar-refractivity contribution in [2.24, 2.45) is 5.73 Å². The van der Waals surface area contributed by atoms with Gasteiger partial charge in [-0.15, -0.1) is 0 Å². The number of hydrogen-bond acceptors (Lipinski definition) is 2. The Bertz CT molecular complexity index is 660. The van der Waals surface area contributed by atoms with E-state index in [2.05, 4.69) is 15.9 Å². The number of rotatable bonds is 4. The van der Waals surface area contributed by atoms with Gasteiger partial charge in [0.1, 0.15) is 16.5 Å². The van der Waals surface area contributed by atoms with E-state index in [9.17, 15) is 0 Å². The third kappa shape index (κ3) is 3.51. The number of halogens is 2. The molecule has 0 radical (unpaired) electrons. The van der Waals surface area contributed by atoms with Crippen molar-refractivity contribution in [3.8, 4) is 11.5 Å². The number of aryl methyl sites for hydroxylation is 1. The molecule has 0 bridgehead atoms. The molecule has 2 aromatic carbocycles. The lowest BCUT2D eigenvalue weighted by molar-refractivity contribution is 0.481. The quantitative estimate of drug-likeness (QED) is 0.761. The van der Waals surface area contributed by atoms with Crippen LogP contribution in [0.4, 0.5) is 0 Å². The van der Waals surface area contributed by atoms with Gasteiger partial charge >= 0.3 is 0 Å². The first kappa shape index (κ1) is 15.3. The fraction of sp³-hybridized carbons (Fsp3) is 0.133. The summed E-state index contributed by atoms with van der Waals surface area (Å²) in [5.74, 6) is 1.33. The molecule has 20 heavy (non-hydrogen) atoms.